The fourth-order valence-corrected chi connectivity index (χ4v) is 2.02. The van der Waals surface area contributed by atoms with E-state index in [1.54, 1.807) is 0 Å². The molecule has 2 rings (SSSR count). The van der Waals surface area contributed by atoms with Crippen LogP contribution in [0.25, 0.3) is 0 Å². The van der Waals surface area contributed by atoms with Crippen LogP contribution in [0.2, 0.25) is 0 Å². The molecule has 0 aromatic heterocycles. The summed E-state index contributed by atoms with van der Waals surface area (Å²) in [6.07, 6.45) is 2.12. The van der Waals surface area contributed by atoms with Crippen molar-refractivity contribution in [3.8, 4) is 11.5 Å². The predicted octanol–water partition coefficient (Wildman–Crippen LogP) is 4.22. The molecule has 0 atom stereocenters. The second-order valence-corrected chi connectivity index (χ2v) is 6.98. The summed E-state index contributed by atoms with van der Waals surface area (Å²) in [6.45, 7) is 11.5. The molecule has 1 aromatic rings. The lowest BCUT2D eigenvalue weighted by Gasteiger charge is -2.32. The van der Waals surface area contributed by atoms with Crippen molar-refractivity contribution >= 4 is 0 Å². The van der Waals surface area contributed by atoms with Crippen molar-refractivity contribution in [2.24, 2.45) is 5.41 Å². The quantitative estimate of drug-likeness (QED) is 0.780. The van der Waals surface area contributed by atoms with Crippen LogP contribution in [0.15, 0.2) is 18.2 Å². The third-order valence-electron chi connectivity index (χ3n) is 3.09. The van der Waals surface area contributed by atoms with E-state index >= 15 is 0 Å². The highest BCUT2D eigenvalue weighted by molar-refractivity contribution is 5.42. The average molecular weight is 248 g/mol. The number of benzene rings is 1. The minimum Gasteiger partial charge on any atom is -0.493 e. The SMILES string of the molecule is CC(C)(C)COc1ccc2c(c1)CCC(C)(C)O2. The van der Waals surface area contributed by atoms with E-state index in [0.717, 1.165) is 30.9 Å². The molecule has 0 fully saturated rings. The topological polar surface area (TPSA) is 18.5 Å². The summed E-state index contributed by atoms with van der Waals surface area (Å²) in [7, 11) is 0. The predicted molar refractivity (Wildman–Crippen MR) is 74.4 cm³/mol. The van der Waals surface area contributed by atoms with Crippen molar-refractivity contribution in [3.63, 3.8) is 0 Å². The van der Waals surface area contributed by atoms with Gasteiger partial charge in [-0.25, -0.2) is 0 Å². The Balaban J connectivity index is 2.09. The summed E-state index contributed by atoms with van der Waals surface area (Å²) < 4.78 is 11.8. The van der Waals surface area contributed by atoms with E-state index in [2.05, 4.69) is 40.7 Å². The van der Waals surface area contributed by atoms with Gasteiger partial charge < -0.3 is 9.47 Å². The highest BCUT2D eigenvalue weighted by atomic mass is 16.5. The first-order valence-corrected chi connectivity index (χ1v) is 6.70. The summed E-state index contributed by atoms with van der Waals surface area (Å²) in [6, 6.07) is 6.16. The highest BCUT2D eigenvalue weighted by Gasteiger charge is 2.26. The Labute approximate surface area is 110 Å². The molecule has 18 heavy (non-hydrogen) atoms. The first-order chi connectivity index (χ1) is 8.25. The zero-order valence-corrected chi connectivity index (χ0v) is 12.2. The number of fused-ring (bicyclic) bond motifs is 1. The molecule has 1 aliphatic heterocycles. The summed E-state index contributed by atoms with van der Waals surface area (Å²) in [5, 5.41) is 0. The van der Waals surface area contributed by atoms with Crippen LogP contribution in [0.4, 0.5) is 0 Å². The van der Waals surface area contributed by atoms with Crippen LogP contribution in [0, 0.1) is 5.41 Å². The summed E-state index contributed by atoms with van der Waals surface area (Å²) >= 11 is 0. The molecule has 1 aromatic carbocycles. The van der Waals surface area contributed by atoms with Crippen LogP contribution in [0.5, 0.6) is 11.5 Å². The van der Waals surface area contributed by atoms with E-state index < -0.39 is 0 Å². The second kappa shape index (κ2) is 4.49. The molecule has 0 aliphatic carbocycles. The lowest BCUT2D eigenvalue weighted by Crippen LogP contribution is -2.32. The summed E-state index contributed by atoms with van der Waals surface area (Å²) in [4.78, 5) is 0. The largest absolute Gasteiger partial charge is 0.493 e. The normalized spacial score (nSPS) is 17.8. The molecule has 0 radical (unpaired) electrons. The fraction of sp³-hybridized carbons (Fsp3) is 0.625. The maximum atomic E-state index is 5.96. The summed E-state index contributed by atoms with van der Waals surface area (Å²) in [5.74, 6) is 1.96. The minimum atomic E-state index is -0.0409. The highest BCUT2D eigenvalue weighted by Crippen LogP contribution is 2.35. The number of hydrogen-bond donors (Lipinski definition) is 0. The van der Waals surface area contributed by atoms with Crippen molar-refractivity contribution in [3.05, 3.63) is 23.8 Å². The Hall–Kier alpha value is -1.18. The van der Waals surface area contributed by atoms with Crippen LogP contribution >= 0.6 is 0 Å². The maximum absolute atomic E-state index is 5.96. The number of hydrogen-bond acceptors (Lipinski definition) is 2. The molecular formula is C16H24O2. The molecule has 2 heteroatoms. The monoisotopic (exact) mass is 248 g/mol. The number of rotatable bonds is 2. The van der Waals surface area contributed by atoms with Crippen molar-refractivity contribution in [2.45, 2.75) is 53.1 Å². The molecule has 0 spiro atoms. The molecule has 0 bridgehead atoms. The van der Waals surface area contributed by atoms with Crippen molar-refractivity contribution in [2.75, 3.05) is 6.61 Å². The molecule has 0 saturated carbocycles. The van der Waals surface area contributed by atoms with Crippen LogP contribution in [0.3, 0.4) is 0 Å². The third kappa shape index (κ3) is 3.41. The zero-order valence-electron chi connectivity index (χ0n) is 12.2. The molecule has 0 N–H and O–H groups in total. The van der Waals surface area contributed by atoms with Gasteiger partial charge in [0, 0.05) is 0 Å². The smallest absolute Gasteiger partial charge is 0.123 e. The van der Waals surface area contributed by atoms with E-state index in [-0.39, 0.29) is 11.0 Å². The number of aryl methyl sites for hydroxylation is 1. The molecular weight excluding hydrogens is 224 g/mol. The van der Waals surface area contributed by atoms with Gasteiger partial charge >= 0.3 is 0 Å². The van der Waals surface area contributed by atoms with Gasteiger partial charge in [0.1, 0.15) is 17.1 Å². The zero-order chi connectivity index (χ0) is 13.4. The van der Waals surface area contributed by atoms with Crippen LogP contribution in [-0.4, -0.2) is 12.2 Å². The summed E-state index contributed by atoms with van der Waals surface area (Å²) in [5.41, 5.74) is 1.41. The molecule has 1 heterocycles. The molecule has 0 saturated heterocycles. The van der Waals surface area contributed by atoms with Crippen LogP contribution < -0.4 is 9.47 Å². The van der Waals surface area contributed by atoms with Crippen molar-refractivity contribution < 1.29 is 9.47 Å². The third-order valence-corrected chi connectivity index (χ3v) is 3.09. The standard InChI is InChI=1S/C16H24O2/c1-15(2,3)11-17-13-6-7-14-12(10-13)8-9-16(4,5)18-14/h6-7,10H,8-9,11H2,1-5H3. The molecule has 100 valence electrons. The van der Waals surface area contributed by atoms with Crippen molar-refractivity contribution in [1.82, 2.24) is 0 Å². The molecule has 2 nitrogen and oxygen atoms in total. The van der Waals surface area contributed by atoms with Gasteiger partial charge in [0.15, 0.2) is 0 Å². The fourth-order valence-electron chi connectivity index (χ4n) is 2.02. The van der Waals surface area contributed by atoms with E-state index in [1.165, 1.54) is 5.56 Å². The Bertz CT molecular complexity index is 427. The average Bonchev–Trinajstić information content (AvgIpc) is 2.24. The molecule has 1 aliphatic rings. The van der Waals surface area contributed by atoms with Gasteiger partial charge in [-0.1, -0.05) is 20.8 Å². The van der Waals surface area contributed by atoms with Gasteiger partial charge in [-0.2, -0.15) is 0 Å². The molecule has 0 amide bonds. The lowest BCUT2D eigenvalue weighted by molar-refractivity contribution is 0.0843. The van der Waals surface area contributed by atoms with E-state index in [4.69, 9.17) is 9.47 Å². The van der Waals surface area contributed by atoms with Crippen LogP contribution in [0.1, 0.15) is 46.6 Å². The van der Waals surface area contributed by atoms with E-state index in [9.17, 15) is 0 Å². The molecule has 0 unspecified atom stereocenters. The Morgan fingerprint density at radius 3 is 2.67 bits per heavy atom. The van der Waals surface area contributed by atoms with Gasteiger partial charge in [-0.15, -0.1) is 0 Å². The second-order valence-electron chi connectivity index (χ2n) is 6.98. The first-order valence-electron chi connectivity index (χ1n) is 6.70. The first kappa shape index (κ1) is 13.3. The van der Waals surface area contributed by atoms with E-state index in [0.29, 0.717) is 0 Å². The van der Waals surface area contributed by atoms with Gasteiger partial charge in [-0.3, -0.25) is 0 Å². The Morgan fingerprint density at radius 1 is 1.28 bits per heavy atom. The van der Waals surface area contributed by atoms with Gasteiger partial charge in [0.25, 0.3) is 0 Å². The Morgan fingerprint density at radius 2 is 2.00 bits per heavy atom. The van der Waals surface area contributed by atoms with Gasteiger partial charge in [-0.05, 0) is 55.9 Å². The van der Waals surface area contributed by atoms with Gasteiger partial charge in [0.2, 0.25) is 0 Å². The maximum Gasteiger partial charge on any atom is 0.123 e. The Kier molecular flexibility index (Phi) is 3.31. The lowest BCUT2D eigenvalue weighted by atomic mass is 9.94. The van der Waals surface area contributed by atoms with Gasteiger partial charge in [0.05, 0.1) is 6.61 Å². The number of ether oxygens (including phenoxy) is 2. The van der Waals surface area contributed by atoms with E-state index in [1.807, 2.05) is 12.1 Å². The van der Waals surface area contributed by atoms with Crippen LogP contribution in [-0.2, 0) is 6.42 Å². The minimum absolute atomic E-state index is 0.0409. The van der Waals surface area contributed by atoms with Crippen molar-refractivity contribution in [1.29, 1.82) is 0 Å².